The van der Waals surface area contributed by atoms with E-state index >= 15 is 0 Å². The third kappa shape index (κ3) is 1.81. The number of benzene rings is 1. The summed E-state index contributed by atoms with van der Waals surface area (Å²) in [6.45, 7) is 3.54. The van der Waals surface area contributed by atoms with Crippen LogP contribution in [0, 0.1) is 5.92 Å². The van der Waals surface area contributed by atoms with Crippen LogP contribution < -0.4 is 0 Å². The van der Waals surface area contributed by atoms with Gasteiger partial charge in [-0.2, -0.15) is 0 Å². The number of rotatable bonds is 1. The van der Waals surface area contributed by atoms with Crippen LogP contribution in [0.1, 0.15) is 18.9 Å². The molecule has 1 aromatic carbocycles. The zero-order chi connectivity index (χ0) is 13.0. The molecule has 0 saturated carbocycles. The average Bonchev–Trinajstić information content (AvgIpc) is 2.77. The molecule has 100 valence electrons. The van der Waals surface area contributed by atoms with Crippen molar-refractivity contribution in [2.75, 3.05) is 19.6 Å². The van der Waals surface area contributed by atoms with Crippen molar-refractivity contribution in [2.24, 2.45) is 5.92 Å². The van der Waals surface area contributed by atoms with Crippen molar-refractivity contribution in [1.82, 2.24) is 9.47 Å². The van der Waals surface area contributed by atoms with Gasteiger partial charge in [-0.1, -0.05) is 22.0 Å². The zero-order valence-electron chi connectivity index (χ0n) is 10.7. The van der Waals surface area contributed by atoms with Crippen LogP contribution in [0.4, 0.5) is 0 Å². The lowest BCUT2D eigenvalue weighted by Crippen LogP contribution is -2.47. The fraction of sp³-hybridized carbons (Fsp3) is 0.467. The predicted octanol–water partition coefficient (Wildman–Crippen LogP) is 3.38. The number of piperidine rings is 3. The second-order valence-electron chi connectivity index (χ2n) is 5.80. The van der Waals surface area contributed by atoms with E-state index in [1.54, 1.807) is 0 Å². The van der Waals surface area contributed by atoms with Crippen molar-refractivity contribution in [2.45, 2.75) is 18.9 Å². The first-order valence-electron chi connectivity index (χ1n) is 6.94. The molecular formula is C15H17BrN2O. The van der Waals surface area contributed by atoms with Gasteiger partial charge in [0.05, 0.1) is 6.04 Å². The molecule has 0 amide bonds. The van der Waals surface area contributed by atoms with Gasteiger partial charge >= 0.3 is 0 Å². The molecule has 4 heterocycles. The van der Waals surface area contributed by atoms with E-state index in [2.05, 4.69) is 37.7 Å². The molecule has 5 rings (SSSR count). The summed E-state index contributed by atoms with van der Waals surface area (Å²) >= 11 is 3.48. The zero-order valence-corrected chi connectivity index (χ0v) is 12.3. The van der Waals surface area contributed by atoms with Crippen molar-refractivity contribution in [3.63, 3.8) is 0 Å². The molecule has 0 unspecified atom stereocenters. The second kappa shape index (κ2) is 4.25. The van der Waals surface area contributed by atoms with Crippen molar-refractivity contribution < 1.29 is 5.11 Å². The molecule has 2 aromatic rings. The highest BCUT2D eigenvalue weighted by molar-refractivity contribution is 9.10. The molecule has 0 spiro atoms. The summed E-state index contributed by atoms with van der Waals surface area (Å²) in [6.07, 6.45) is 4.65. The maximum atomic E-state index is 10.5. The lowest BCUT2D eigenvalue weighted by Gasteiger charge is -2.45. The molecule has 3 nitrogen and oxygen atoms in total. The van der Waals surface area contributed by atoms with Crippen LogP contribution in [0.15, 0.2) is 28.9 Å². The van der Waals surface area contributed by atoms with E-state index in [-0.39, 0.29) is 0 Å². The Balaban J connectivity index is 1.81. The molecule has 19 heavy (non-hydrogen) atoms. The highest BCUT2D eigenvalue weighted by Crippen LogP contribution is 2.40. The first-order chi connectivity index (χ1) is 9.22. The monoisotopic (exact) mass is 320 g/mol. The fourth-order valence-electron chi connectivity index (χ4n) is 3.69. The number of nitrogens with zero attached hydrogens (tertiary/aromatic N) is 2. The number of hydrogen-bond acceptors (Lipinski definition) is 2. The van der Waals surface area contributed by atoms with Gasteiger partial charge in [-0.25, -0.2) is 0 Å². The Morgan fingerprint density at radius 2 is 2.00 bits per heavy atom. The summed E-state index contributed by atoms with van der Waals surface area (Å²) in [6, 6.07) is 6.54. The van der Waals surface area contributed by atoms with Crippen LogP contribution in [-0.2, 0) is 0 Å². The SMILES string of the molecule is Oc1c2cc(Br)ccc2cn1[C@H]1CN2CCC1CC2. The van der Waals surface area contributed by atoms with Gasteiger partial charge in [0.25, 0.3) is 0 Å². The van der Waals surface area contributed by atoms with Crippen LogP contribution in [0.2, 0.25) is 0 Å². The lowest BCUT2D eigenvalue weighted by molar-refractivity contribution is 0.0541. The van der Waals surface area contributed by atoms with Gasteiger partial charge in [-0.15, -0.1) is 0 Å². The highest BCUT2D eigenvalue weighted by atomic mass is 79.9. The average molecular weight is 321 g/mol. The summed E-state index contributed by atoms with van der Waals surface area (Å²) in [5.41, 5.74) is 0. The van der Waals surface area contributed by atoms with E-state index in [0.717, 1.165) is 27.7 Å². The normalized spacial score (nSPS) is 30.1. The molecule has 3 fully saturated rings. The van der Waals surface area contributed by atoms with Crippen LogP contribution in [0.25, 0.3) is 10.8 Å². The van der Waals surface area contributed by atoms with Crippen LogP contribution in [0.3, 0.4) is 0 Å². The molecule has 1 N–H and O–H groups in total. The summed E-state index contributed by atoms with van der Waals surface area (Å²) in [4.78, 5) is 2.52. The Hall–Kier alpha value is -1.00. The van der Waals surface area contributed by atoms with Gasteiger partial charge in [0, 0.05) is 28.0 Å². The Kier molecular flexibility index (Phi) is 2.64. The van der Waals surface area contributed by atoms with E-state index in [4.69, 9.17) is 0 Å². The molecule has 0 aliphatic carbocycles. The Morgan fingerprint density at radius 3 is 2.68 bits per heavy atom. The second-order valence-corrected chi connectivity index (χ2v) is 6.71. The first-order valence-corrected chi connectivity index (χ1v) is 7.73. The van der Waals surface area contributed by atoms with Gasteiger partial charge in [-0.3, -0.25) is 0 Å². The van der Waals surface area contributed by atoms with Gasteiger partial charge in [-0.05, 0) is 44.0 Å². The maximum absolute atomic E-state index is 10.5. The number of aromatic nitrogens is 1. The Labute approximate surface area is 120 Å². The Bertz CT molecular complexity index is 628. The van der Waals surface area contributed by atoms with E-state index in [0.29, 0.717) is 11.9 Å². The summed E-state index contributed by atoms with van der Waals surface area (Å²) in [5.74, 6) is 1.15. The van der Waals surface area contributed by atoms with E-state index < -0.39 is 0 Å². The highest BCUT2D eigenvalue weighted by Gasteiger charge is 2.36. The van der Waals surface area contributed by atoms with Gasteiger partial charge in [0.15, 0.2) is 5.88 Å². The molecule has 3 aliphatic rings. The smallest absolute Gasteiger partial charge is 0.199 e. The number of halogens is 1. The number of fused-ring (bicyclic) bond motifs is 4. The van der Waals surface area contributed by atoms with Gasteiger partial charge in [0.1, 0.15) is 0 Å². The lowest BCUT2D eigenvalue weighted by atomic mass is 9.84. The van der Waals surface area contributed by atoms with Crippen LogP contribution >= 0.6 is 15.9 Å². The molecule has 2 bridgehead atoms. The van der Waals surface area contributed by atoms with Crippen molar-refractivity contribution in [1.29, 1.82) is 0 Å². The standard InChI is InChI=1S/C15H17BrN2O/c16-12-2-1-11-8-18(15(19)13(11)7-12)14-9-17-5-3-10(14)4-6-17/h1-2,7-8,10,14,19H,3-6,9H2/t14-/m0/s1. The fourth-order valence-corrected chi connectivity index (χ4v) is 4.05. The Morgan fingerprint density at radius 1 is 1.21 bits per heavy atom. The third-order valence-corrected chi connectivity index (χ3v) is 5.25. The molecular weight excluding hydrogens is 304 g/mol. The van der Waals surface area contributed by atoms with Gasteiger partial charge < -0.3 is 14.6 Å². The molecule has 1 atom stereocenters. The minimum absolute atomic E-state index is 0.426. The van der Waals surface area contributed by atoms with E-state index in [9.17, 15) is 5.11 Å². The van der Waals surface area contributed by atoms with Crippen molar-refractivity contribution >= 4 is 26.7 Å². The third-order valence-electron chi connectivity index (χ3n) is 4.76. The molecule has 4 heteroatoms. The predicted molar refractivity (Wildman–Crippen MR) is 79.5 cm³/mol. The number of hydrogen-bond donors (Lipinski definition) is 1. The summed E-state index contributed by atoms with van der Waals surface area (Å²) < 4.78 is 3.12. The summed E-state index contributed by atoms with van der Waals surface area (Å²) in [5, 5.41) is 12.6. The largest absolute Gasteiger partial charge is 0.494 e. The van der Waals surface area contributed by atoms with E-state index in [1.165, 1.54) is 25.9 Å². The minimum atomic E-state index is 0.426. The van der Waals surface area contributed by atoms with Crippen molar-refractivity contribution in [3.05, 3.63) is 28.9 Å². The van der Waals surface area contributed by atoms with Gasteiger partial charge in [0.2, 0.25) is 0 Å². The quantitative estimate of drug-likeness (QED) is 0.872. The van der Waals surface area contributed by atoms with E-state index in [1.807, 2.05) is 12.1 Å². The molecule has 3 saturated heterocycles. The first kappa shape index (κ1) is 11.8. The van der Waals surface area contributed by atoms with Crippen LogP contribution in [-0.4, -0.2) is 34.2 Å². The number of aromatic hydroxyl groups is 1. The van der Waals surface area contributed by atoms with Crippen LogP contribution in [0.5, 0.6) is 5.88 Å². The molecule has 1 aromatic heterocycles. The summed E-state index contributed by atoms with van der Waals surface area (Å²) in [7, 11) is 0. The van der Waals surface area contributed by atoms with Crippen molar-refractivity contribution in [3.8, 4) is 5.88 Å². The minimum Gasteiger partial charge on any atom is -0.494 e. The maximum Gasteiger partial charge on any atom is 0.199 e. The molecule has 3 aliphatic heterocycles. The topological polar surface area (TPSA) is 28.4 Å². The molecule has 0 radical (unpaired) electrons.